The Balaban J connectivity index is 1.13. The lowest BCUT2D eigenvalue weighted by Crippen LogP contribution is -2.12. The van der Waals surface area contributed by atoms with Gasteiger partial charge in [0.25, 0.3) is 0 Å². The molecule has 0 spiro atoms. The smallest absolute Gasteiger partial charge is 0.338 e. The second-order valence-electron chi connectivity index (χ2n) is 8.97. The second-order valence-corrected chi connectivity index (χ2v) is 8.97. The van der Waals surface area contributed by atoms with E-state index in [9.17, 15) is 19.2 Å². The molecule has 8 heteroatoms. The van der Waals surface area contributed by atoms with Gasteiger partial charge in [0.2, 0.25) is 0 Å². The van der Waals surface area contributed by atoms with Crippen LogP contribution < -0.4 is 9.47 Å². The van der Waals surface area contributed by atoms with E-state index in [4.69, 9.17) is 18.9 Å². The zero-order valence-electron chi connectivity index (χ0n) is 22.2. The summed E-state index contributed by atoms with van der Waals surface area (Å²) < 4.78 is 21.1. The van der Waals surface area contributed by atoms with Gasteiger partial charge < -0.3 is 18.9 Å². The Labute approximate surface area is 237 Å². The summed E-state index contributed by atoms with van der Waals surface area (Å²) in [6, 6.07) is 30.8. The number of hydrogen-bond acceptors (Lipinski definition) is 8. The van der Waals surface area contributed by atoms with Crippen molar-refractivity contribution < 1.29 is 38.1 Å². The maximum absolute atomic E-state index is 12.2. The van der Waals surface area contributed by atoms with E-state index in [1.165, 1.54) is 48.5 Å². The van der Waals surface area contributed by atoms with Crippen molar-refractivity contribution in [1.29, 1.82) is 0 Å². The molecule has 0 fully saturated rings. The Morgan fingerprint density at radius 2 is 0.829 bits per heavy atom. The molecule has 0 radical (unpaired) electrons. The van der Waals surface area contributed by atoms with Crippen molar-refractivity contribution in [3.05, 3.63) is 131 Å². The number of rotatable bonds is 12. The van der Waals surface area contributed by atoms with Crippen LogP contribution in [0.1, 0.15) is 51.1 Å². The molecule has 0 saturated carbocycles. The molecule has 0 saturated heterocycles. The molecule has 0 heterocycles. The van der Waals surface area contributed by atoms with E-state index in [0.717, 1.165) is 11.1 Å². The molecular formula is C33H28O8. The Kier molecular flexibility index (Phi) is 10.4. The molecule has 0 amide bonds. The molecular weight excluding hydrogens is 524 g/mol. The maximum Gasteiger partial charge on any atom is 0.338 e. The Morgan fingerprint density at radius 1 is 0.463 bits per heavy atom. The van der Waals surface area contributed by atoms with E-state index >= 15 is 0 Å². The van der Waals surface area contributed by atoms with Gasteiger partial charge in [-0.2, -0.15) is 0 Å². The second kappa shape index (κ2) is 14.8. The summed E-state index contributed by atoms with van der Waals surface area (Å²) in [4.78, 5) is 48.8. The van der Waals surface area contributed by atoms with Gasteiger partial charge in [0, 0.05) is 12.8 Å². The fraction of sp³-hybridized carbons (Fsp3) is 0.152. The van der Waals surface area contributed by atoms with Crippen LogP contribution >= 0.6 is 0 Å². The fourth-order valence-corrected chi connectivity index (χ4v) is 3.67. The first-order valence-corrected chi connectivity index (χ1v) is 13.0. The van der Waals surface area contributed by atoms with Crippen molar-refractivity contribution in [1.82, 2.24) is 0 Å². The Bertz CT molecular complexity index is 1330. The number of esters is 4. The minimum Gasteiger partial charge on any atom is -0.457 e. The van der Waals surface area contributed by atoms with E-state index in [1.54, 1.807) is 0 Å². The van der Waals surface area contributed by atoms with E-state index in [0.29, 0.717) is 11.1 Å². The molecule has 0 atom stereocenters. The minimum absolute atomic E-state index is 0.00214. The lowest BCUT2D eigenvalue weighted by atomic mass is 10.2. The topological polar surface area (TPSA) is 105 Å². The lowest BCUT2D eigenvalue weighted by molar-refractivity contribution is -0.136. The number of hydrogen-bond donors (Lipinski definition) is 0. The number of carbonyl (C=O) groups excluding carboxylic acids is 4. The fourth-order valence-electron chi connectivity index (χ4n) is 3.67. The van der Waals surface area contributed by atoms with Gasteiger partial charge in [-0.05, 0) is 66.1 Å². The molecule has 208 valence electrons. The first-order valence-electron chi connectivity index (χ1n) is 13.0. The van der Waals surface area contributed by atoms with Gasteiger partial charge in [-0.15, -0.1) is 0 Å². The summed E-state index contributed by atoms with van der Waals surface area (Å²) in [5.74, 6) is -1.45. The van der Waals surface area contributed by atoms with Crippen LogP contribution in [0.2, 0.25) is 0 Å². The largest absolute Gasteiger partial charge is 0.457 e. The van der Waals surface area contributed by atoms with Crippen molar-refractivity contribution in [2.45, 2.75) is 32.5 Å². The van der Waals surface area contributed by atoms with Crippen LogP contribution in [-0.4, -0.2) is 23.9 Å². The van der Waals surface area contributed by atoms with E-state index in [1.807, 2.05) is 60.7 Å². The monoisotopic (exact) mass is 552 g/mol. The average molecular weight is 553 g/mol. The van der Waals surface area contributed by atoms with Crippen LogP contribution in [0.4, 0.5) is 0 Å². The van der Waals surface area contributed by atoms with Gasteiger partial charge in [-0.1, -0.05) is 60.7 Å². The summed E-state index contributed by atoms with van der Waals surface area (Å²) in [7, 11) is 0. The number of benzene rings is 4. The Hall–Kier alpha value is -5.24. The highest BCUT2D eigenvalue weighted by molar-refractivity contribution is 5.90. The molecule has 0 aliphatic rings. The van der Waals surface area contributed by atoms with Gasteiger partial charge in [0.05, 0.1) is 11.1 Å². The van der Waals surface area contributed by atoms with Crippen LogP contribution in [0.5, 0.6) is 11.5 Å². The van der Waals surface area contributed by atoms with Gasteiger partial charge >= 0.3 is 23.9 Å². The van der Waals surface area contributed by atoms with E-state index in [-0.39, 0.29) is 44.0 Å². The zero-order valence-corrected chi connectivity index (χ0v) is 22.2. The van der Waals surface area contributed by atoms with Crippen LogP contribution in [0.15, 0.2) is 109 Å². The van der Waals surface area contributed by atoms with Crippen molar-refractivity contribution >= 4 is 23.9 Å². The SMILES string of the molecule is O=C(CCCC(=O)Oc1ccc(C(=O)OCc2ccccc2)cc1)Oc1ccc(C(=O)OCc2ccccc2)cc1. The van der Waals surface area contributed by atoms with Gasteiger partial charge in [0.1, 0.15) is 24.7 Å². The average Bonchev–Trinajstić information content (AvgIpc) is 3.00. The van der Waals surface area contributed by atoms with Crippen LogP contribution in [-0.2, 0) is 32.3 Å². The molecule has 0 bridgehead atoms. The molecule has 0 N–H and O–H groups in total. The quantitative estimate of drug-likeness (QED) is 0.154. The zero-order chi connectivity index (χ0) is 28.9. The summed E-state index contributed by atoms with van der Waals surface area (Å²) in [5.41, 5.74) is 2.43. The standard InChI is InChI=1S/C33H28O8/c34-30(40-28-18-14-26(15-19-28)32(36)38-22-24-8-3-1-4-9-24)12-7-13-31(35)41-29-20-16-27(17-21-29)33(37)39-23-25-10-5-2-6-11-25/h1-6,8-11,14-21H,7,12-13,22-23H2. The van der Waals surface area contributed by atoms with Gasteiger partial charge in [0.15, 0.2) is 0 Å². The molecule has 8 nitrogen and oxygen atoms in total. The number of ether oxygens (including phenoxy) is 4. The highest BCUT2D eigenvalue weighted by Crippen LogP contribution is 2.17. The van der Waals surface area contributed by atoms with Gasteiger partial charge in [-0.3, -0.25) is 9.59 Å². The normalized spacial score (nSPS) is 10.3. The van der Waals surface area contributed by atoms with Crippen molar-refractivity contribution in [3.63, 3.8) is 0 Å². The molecule has 0 aliphatic heterocycles. The lowest BCUT2D eigenvalue weighted by Gasteiger charge is -2.08. The minimum atomic E-state index is -0.518. The van der Waals surface area contributed by atoms with Gasteiger partial charge in [-0.25, -0.2) is 9.59 Å². The highest BCUT2D eigenvalue weighted by atomic mass is 16.5. The van der Waals surface area contributed by atoms with E-state index < -0.39 is 23.9 Å². The predicted molar refractivity (Wildman–Crippen MR) is 149 cm³/mol. The maximum atomic E-state index is 12.2. The number of carbonyl (C=O) groups is 4. The summed E-state index contributed by atoms with van der Waals surface area (Å²) in [5, 5.41) is 0. The Morgan fingerprint density at radius 3 is 1.20 bits per heavy atom. The highest BCUT2D eigenvalue weighted by Gasteiger charge is 2.13. The predicted octanol–water partition coefficient (Wildman–Crippen LogP) is 6.08. The molecule has 0 aliphatic carbocycles. The van der Waals surface area contributed by atoms with Crippen LogP contribution in [0.25, 0.3) is 0 Å². The third-order valence-corrected chi connectivity index (χ3v) is 5.83. The summed E-state index contributed by atoms with van der Waals surface area (Å²) in [6.45, 7) is 0.321. The molecule has 0 unspecified atom stereocenters. The molecule has 0 aromatic heterocycles. The van der Waals surface area contributed by atoms with Crippen LogP contribution in [0.3, 0.4) is 0 Å². The summed E-state index contributed by atoms with van der Waals surface area (Å²) >= 11 is 0. The van der Waals surface area contributed by atoms with E-state index in [2.05, 4.69) is 0 Å². The van der Waals surface area contributed by atoms with Crippen molar-refractivity contribution in [2.75, 3.05) is 0 Å². The molecule has 4 aromatic carbocycles. The third-order valence-electron chi connectivity index (χ3n) is 5.83. The third kappa shape index (κ3) is 9.47. The van der Waals surface area contributed by atoms with Crippen LogP contribution in [0, 0.1) is 0 Å². The first kappa shape index (κ1) is 28.8. The van der Waals surface area contributed by atoms with Crippen molar-refractivity contribution in [3.8, 4) is 11.5 Å². The van der Waals surface area contributed by atoms with Crippen molar-refractivity contribution in [2.24, 2.45) is 0 Å². The molecule has 4 aromatic rings. The first-order chi connectivity index (χ1) is 20.0. The molecule has 41 heavy (non-hydrogen) atoms. The molecule has 4 rings (SSSR count). The summed E-state index contributed by atoms with van der Waals surface area (Å²) in [6.07, 6.45) is 0.232.